The molecule has 0 aliphatic carbocycles. The largest absolute Gasteiger partial charge is 0.339 e. The minimum absolute atomic E-state index is 0.0292. The molecule has 2 heterocycles. The first-order valence-corrected chi connectivity index (χ1v) is 8.37. The van der Waals surface area contributed by atoms with E-state index in [1.54, 1.807) is 37.3 Å². The van der Waals surface area contributed by atoms with Crippen molar-refractivity contribution in [3.8, 4) is 0 Å². The van der Waals surface area contributed by atoms with Crippen molar-refractivity contribution in [3.05, 3.63) is 42.0 Å². The van der Waals surface area contributed by atoms with Crippen LogP contribution in [-0.4, -0.2) is 36.0 Å². The third-order valence-corrected chi connectivity index (χ3v) is 5.54. The number of sulfonamides is 1. The Morgan fingerprint density at radius 2 is 2.05 bits per heavy atom. The van der Waals surface area contributed by atoms with E-state index in [2.05, 4.69) is 10.1 Å². The highest BCUT2D eigenvalue weighted by molar-refractivity contribution is 7.89. The molecule has 3 rings (SSSR count). The Balaban J connectivity index is 1.83. The van der Waals surface area contributed by atoms with Crippen molar-refractivity contribution in [1.82, 2.24) is 14.4 Å². The number of aryl methyl sites for hydroxylation is 1. The third-order valence-electron chi connectivity index (χ3n) is 3.66. The molecule has 6 nitrogen and oxygen atoms in total. The topological polar surface area (TPSA) is 76.3 Å². The van der Waals surface area contributed by atoms with E-state index in [-0.39, 0.29) is 5.92 Å². The van der Waals surface area contributed by atoms with Crippen molar-refractivity contribution in [1.29, 1.82) is 0 Å². The fourth-order valence-electron chi connectivity index (χ4n) is 2.58. The smallest absolute Gasteiger partial charge is 0.243 e. The van der Waals surface area contributed by atoms with Crippen LogP contribution in [0.15, 0.2) is 39.8 Å². The zero-order chi connectivity index (χ0) is 14.9. The zero-order valence-corrected chi connectivity index (χ0v) is 12.6. The number of aromatic nitrogens is 2. The molecule has 0 spiro atoms. The summed E-state index contributed by atoms with van der Waals surface area (Å²) in [5.74, 6) is 1.08. The van der Waals surface area contributed by atoms with Gasteiger partial charge in [-0.25, -0.2) is 8.42 Å². The predicted octanol–water partition coefficient (Wildman–Crippen LogP) is 1.95. The molecule has 7 heteroatoms. The van der Waals surface area contributed by atoms with Gasteiger partial charge in [-0.2, -0.15) is 9.29 Å². The van der Waals surface area contributed by atoms with Gasteiger partial charge in [-0.15, -0.1) is 0 Å². The monoisotopic (exact) mass is 307 g/mol. The van der Waals surface area contributed by atoms with Crippen molar-refractivity contribution in [3.63, 3.8) is 0 Å². The highest BCUT2D eigenvalue weighted by Gasteiger charge is 2.33. The minimum atomic E-state index is -3.45. The number of hydrogen-bond acceptors (Lipinski definition) is 5. The third kappa shape index (κ3) is 2.84. The highest BCUT2D eigenvalue weighted by atomic mass is 32.2. The van der Waals surface area contributed by atoms with E-state index >= 15 is 0 Å². The highest BCUT2D eigenvalue weighted by Crippen LogP contribution is 2.29. The van der Waals surface area contributed by atoms with E-state index in [1.165, 1.54) is 4.31 Å². The first kappa shape index (κ1) is 14.2. The molecule has 1 aromatic carbocycles. The molecular weight excluding hydrogens is 290 g/mol. The first-order valence-electron chi connectivity index (χ1n) is 6.93. The minimum Gasteiger partial charge on any atom is -0.339 e. The Hall–Kier alpha value is -1.73. The molecule has 1 atom stereocenters. The van der Waals surface area contributed by atoms with Gasteiger partial charge in [-0.3, -0.25) is 0 Å². The van der Waals surface area contributed by atoms with Crippen molar-refractivity contribution in [2.75, 3.05) is 13.1 Å². The fourth-order valence-corrected chi connectivity index (χ4v) is 4.13. The van der Waals surface area contributed by atoms with E-state index < -0.39 is 10.0 Å². The lowest BCUT2D eigenvalue weighted by Gasteiger charge is -2.30. The Morgan fingerprint density at radius 1 is 1.29 bits per heavy atom. The molecule has 1 fully saturated rings. The normalized spacial score (nSPS) is 20.5. The van der Waals surface area contributed by atoms with Gasteiger partial charge in [-0.05, 0) is 31.9 Å². The van der Waals surface area contributed by atoms with E-state index in [9.17, 15) is 8.42 Å². The predicted molar refractivity (Wildman–Crippen MR) is 76.2 cm³/mol. The van der Waals surface area contributed by atoms with Crippen molar-refractivity contribution in [2.24, 2.45) is 0 Å². The molecule has 0 amide bonds. The van der Waals surface area contributed by atoms with E-state index in [1.807, 2.05) is 0 Å². The maximum absolute atomic E-state index is 12.6. The molecule has 1 saturated heterocycles. The van der Waals surface area contributed by atoms with Crippen LogP contribution in [0.3, 0.4) is 0 Å². The number of nitrogens with zero attached hydrogens (tertiary/aromatic N) is 3. The average molecular weight is 307 g/mol. The summed E-state index contributed by atoms with van der Waals surface area (Å²) >= 11 is 0. The van der Waals surface area contributed by atoms with Gasteiger partial charge in [0.2, 0.25) is 15.9 Å². The summed E-state index contributed by atoms with van der Waals surface area (Å²) in [6.45, 7) is 2.67. The standard InChI is InChI=1S/C14H17N3O3S/c1-11-15-14(20-16-11)12-6-5-9-17(10-12)21(18,19)13-7-3-2-4-8-13/h2-4,7-8,12H,5-6,9-10H2,1H3/t12-/m0/s1. The SMILES string of the molecule is Cc1noc([C@H]2CCCN(S(=O)(=O)c3ccccc3)C2)n1. The molecule has 1 aliphatic rings. The molecule has 0 unspecified atom stereocenters. The number of piperidine rings is 1. The average Bonchev–Trinajstić information content (AvgIpc) is 2.95. The lowest BCUT2D eigenvalue weighted by atomic mass is 10.00. The van der Waals surface area contributed by atoms with Crippen molar-refractivity contribution < 1.29 is 12.9 Å². The van der Waals surface area contributed by atoms with Gasteiger partial charge in [0.05, 0.1) is 10.8 Å². The second-order valence-electron chi connectivity index (χ2n) is 5.20. The summed E-state index contributed by atoms with van der Waals surface area (Å²) < 4.78 is 32.0. The fraction of sp³-hybridized carbons (Fsp3) is 0.429. The van der Waals surface area contributed by atoms with Crippen LogP contribution < -0.4 is 0 Å². The van der Waals surface area contributed by atoms with E-state index in [0.717, 1.165) is 12.8 Å². The van der Waals surface area contributed by atoms with Crippen LogP contribution in [0.25, 0.3) is 0 Å². The summed E-state index contributed by atoms with van der Waals surface area (Å²) in [6, 6.07) is 8.51. The molecule has 21 heavy (non-hydrogen) atoms. The van der Waals surface area contributed by atoms with Crippen LogP contribution in [0.4, 0.5) is 0 Å². The van der Waals surface area contributed by atoms with Gasteiger partial charge in [-0.1, -0.05) is 23.4 Å². The molecule has 0 saturated carbocycles. The Labute approximate surface area is 123 Å². The first-order chi connectivity index (χ1) is 10.1. The van der Waals surface area contributed by atoms with E-state index in [4.69, 9.17) is 4.52 Å². The molecule has 0 N–H and O–H groups in total. The number of hydrogen-bond donors (Lipinski definition) is 0. The van der Waals surface area contributed by atoms with Crippen LogP contribution in [0.2, 0.25) is 0 Å². The van der Waals surface area contributed by atoms with Gasteiger partial charge < -0.3 is 4.52 Å². The van der Waals surface area contributed by atoms with Crippen LogP contribution in [0.5, 0.6) is 0 Å². The second kappa shape index (κ2) is 5.57. The molecule has 0 radical (unpaired) electrons. The summed E-state index contributed by atoms with van der Waals surface area (Å²) in [5, 5.41) is 3.78. The molecular formula is C14H17N3O3S. The molecule has 0 bridgehead atoms. The molecule has 1 aliphatic heterocycles. The van der Waals surface area contributed by atoms with Crippen molar-refractivity contribution >= 4 is 10.0 Å². The van der Waals surface area contributed by atoms with Gasteiger partial charge in [0.25, 0.3) is 0 Å². The number of benzene rings is 1. The van der Waals surface area contributed by atoms with Gasteiger partial charge in [0, 0.05) is 13.1 Å². The maximum Gasteiger partial charge on any atom is 0.243 e. The van der Waals surface area contributed by atoms with Crippen LogP contribution in [-0.2, 0) is 10.0 Å². The van der Waals surface area contributed by atoms with Gasteiger partial charge >= 0.3 is 0 Å². The van der Waals surface area contributed by atoms with Crippen LogP contribution in [0, 0.1) is 6.92 Å². The number of rotatable bonds is 3. The summed E-state index contributed by atoms with van der Waals surface area (Å²) in [5.41, 5.74) is 0. The van der Waals surface area contributed by atoms with Crippen LogP contribution in [0.1, 0.15) is 30.5 Å². The van der Waals surface area contributed by atoms with E-state index in [0.29, 0.717) is 29.7 Å². The molecule has 2 aromatic rings. The summed E-state index contributed by atoms with van der Waals surface area (Å²) in [6.07, 6.45) is 1.65. The summed E-state index contributed by atoms with van der Waals surface area (Å²) in [7, 11) is -3.45. The van der Waals surface area contributed by atoms with Gasteiger partial charge in [0.1, 0.15) is 0 Å². The quantitative estimate of drug-likeness (QED) is 0.866. The molecule has 112 valence electrons. The molecule has 1 aromatic heterocycles. The summed E-state index contributed by atoms with van der Waals surface area (Å²) in [4.78, 5) is 4.55. The Kier molecular flexibility index (Phi) is 3.77. The van der Waals surface area contributed by atoms with Gasteiger partial charge in [0.15, 0.2) is 5.82 Å². The Bertz CT molecular complexity index is 712. The van der Waals surface area contributed by atoms with Crippen LogP contribution >= 0.6 is 0 Å². The zero-order valence-electron chi connectivity index (χ0n) is 11.8. The Morgan fingerprint density at radius 3 is 2.71 bits per heavy atom. The van der Waals surface area contributed by atoms with Crippen molar-refractivity contribution in [2.45, 2.75) is 30.6 Å². The lowest BCUT2D eigenvalue weighted by molar-refractivity contribution is 0.265. The lowest BCUT2D eigenvalue weighted by Crippen LogP contribution is -2.39. The maximum atomic E-state index is 12.6. The second-order valence-corrected chi connectivity index (χ2v) is 7.13.